The van der Waals surface area contributed by atoms with Crippen molar-refractivity contribution in [2.24, 2.45) is 0 Å². The second-order valence-corrected chi connectivity index (χ2v) is 12.4. The topological polar surface area (TPSA) is 50.3 Å². The molecule has 1 aliphatic carbocycles. The van der Waals surface area contributed by atoms with E-state index in [9.17, 15) is 9.59 Å². The number of allylic oxidation sites excluding steroid dienone is 1. The Bertz CT molecular complexity index is 1580. The molecule has 4 heterocycles. The summed E-state index contributed by atoms with van der Waals surface area (Å²) in [5.41, 5.74) is 2.43. The average Bonchev–Trinajstić information content (AvgIpc) is 3.50. The predicted molar refractivity (Wildman–Crippen MR) is 140 cm³/mol. The summed E-state index contributed by atoms with van der Waals surface area (Å²) in [5, 5.41) is 1.11. The Morgan fingerprint density at radius 2 is 1.50 bits per heavy atom. The van der Waals surface area contributed by atoms with E-state index in [1.165, 1.54) is 14.6 Å². The fourth-order valence-electron chi connectivity index (χ4n) is 4.38. The molecule has 0 unspecified atom stereocenters. The van der Waals surface area contributed by atoms with Gasteiger partial charge in [-0.2, -0.15) is 0 Å². The zero-order chi connectivity index (χ0) is 22.8. The number of benzene rings is 2. The maximum absolute atomic E-state index is 12.8. The second kappa shape index (κ2) is 7.58. The zero-order valence-corrected chi connectivity index (χ0v) is 20.9. The number of thiophene rings is 2. The molecule has 3 aromatic heterocycles. The van der Waals surface area contributed by atoms with Gasteiger partial charge in [-0.05, 0) is 0 Å². The van der Waals surface area contributed by atoms with Crippen LogP contribution in [0.2, 0.25) is 0 Å². The van der Waals surface area contributed by atoms with Crippen LogP contribution in [0, 0.1) is 0 Å². The minimum Gasteiger partial charge on any atom is -0.0615 e. The number of Topliss-reactive ketones (excluding diaryl/α,β-unsaturated/α-hetero) is 2. The Hall–Kier alpha value is -3.35. The van der Waals surface area contributed by atoms with Gasteiger partial charge in [0.25, 0.3) is 0 Å². The molecule has 34 heavy (non-hydrogen) atoms. The predicted octanol–water partition coefficient (Wildman–Crippen LogP) is 5.26. The Morgan fingerprint density at radius 1 is 0.794 bits per heavy atom. The van der Waals surface area contributed by atoms with Crippen molar-refractivity contribution in [1.82, 2.24) is 4.98 Å². The summed E-state index contributed by atoms with van der Waals surface area (Å²) in [6, 6.07) is 24.0. The van der Waals surface area contributed by atoms with Crippen molar-refractivity contribution < 1.29 is 9.59 Å². The number of ketones is 2. The molecule has 0 radical (unpaired) electrons. The minimum absolute atomic E-state index is 0.187. The SMILES string of the molecule is O=C1C(=Cc2cc3sc(N4c5ccccc5[Se]c5cccnc54)cc3s2)C(=O)c2ccccc21. The van der Waals surface area contributed by atoms with Crippen molar-refractivity contribution in [2.75, 3.05) is 4.90 Å². The van der Waals surface area contributed by atoms with Gasteiger partial charge in [0.15, 0.2) is 0 Å². The van der Waals surface area contributed by atoms with Crippen LogP contribution >= 0.6 is 22.7 Å². The molecule has 0 N–H and O–H groups in total. The third kappa shape index (κ3) is 2.99. The van der Waals surface area contributed by atoms with Crippen LogP contribution in [-0.4, -0.2) is 31.5 Å². The van der Waals surface area contributed by atoms with E-state index in [1.807, 2.05) is 12.3 Å². The number of pyridine rings is 1. The van der Waals surface area contributed by atoms with E-state index in [0.717, 1.165) is 25.1 Å². The van der Waals surface area contributed by atoms with E-state index in [2.05, 4.69) is 47.4 Å². The van der Waals surface area contributed by atoms with E-state index in [-0.39, 0.29) is 32.1 Å². The summed E-state index contributed by atoms with van der Waals surface area (Å²) < 4.78 is 4.88. The van der Waals surface area contributed by atoms with Gasteiger partial charge in [0.05, 0.1) is 0 Å². The number of carbonyl (C=O) groups is 2. The van der Waals surface area contributed by atoms with Gasteiger partial charge in [0.1, 0.15) is 0 Å². The van der Waals surface area contributed by atoms with E-state index in [0.29, 0.717) is 11.1 Å². The number of hydrogen-bond donors (Lipinski definition) is 0. The first-order chi connectivity index (χ1) is 16.7. The fraction of sp³-hybridized carbons (Fsp3) is 0. The summed E-state index contributed by atoms with van der Waals surface area (Å²) in [7, 11) is 0. The normalized spacial score (nSPS) is 14.4. The van der Waals surface area contributed by atoms with Gasteiger partial charge in [-0.1, -0.05) is 24.3 Å². The number of carbonyl (C=O) groups excluding carboxylic acids is 2. The monoisotopic (exact) mass is 542 g/mol. The summed E-state index contributed by atoms with van der Waals surface area (Å²) in [6.07, 6.45) is 3.60. The Morgan fingerprint density at radius 3 is 2.29 bits per heavy atom. The van der Waals surface area contributed by atoms with Crippen molar-refractivity contribution in [3.8, 4) is 0 Å². The summed E-state index contributed by atoms with van der Waals surface area (Å²) in [5.74, 6) is 0.623. The zero-order valence-electron chi connectivity index (χ0n) is 17.5. The molecular formula is C27H14N2O2S2Se. The van der Waals surface area contributed by atoms with Crippen LogP contribution in [0.4, 0.5) is 16.5 Å². The molecule has 7 heteroatoms. The van der Waals surface area contributed by atoms with Crippen molar-refractivity contribution >= 4 is 90.1 Å². The maximum atomic E-state index is 12.8. The van der Waals surface area contributed by atoms with Crippen LogP contribution < -0.4 is 13.8 Å². The summed E-state index contributed by atoms with van der Waals surface area (Å²) >= 11 is 3.53. The number of anilines is 3. The van der Waals surface area contributed by atoms with Gasteiger partial charge >= 0.3 is 186 Å². The van der Waals surface area contributed by atoms with Gasteiger partial charge in [0, 0.05) is 0 Å². The molecule has 2 aromatic carbocycles. The van der Waals surface area contributed by atoms with E-state index >= 15 is 0 Å². The molecule has 7 rings (SSSR count). The molecule has 0 saturated carbocycles. The van der Waals surface area contributed by atoms with Crippen LogP contribution in [0.1, 0.15) is 25.6 Å². The molecule has 0 bridgehead atoms. The molecule has 0 saturated heterocycles. The van der Waals surface area contributed by atoms with Gasteiger partial charge in [-0.15, -0.1) is 0 Å². The number of fused-ring (bicyclic) bond motifs is 4. The second-order valence-electron chi connectivity index (χ2n) is 7.95. The van der Waals surface area contributed by atoms with Gasteiger partial charge in [-0.3, -0.25) is 0 Å². The number of hydrogen-bond acceptors (Lipinski definition) is 6. The molecule has 2 aliphatic rings. The van der Waals surface area contributed by atoms with Crippen LogP contribution in [0.3, 0.4) is 0 Å². The quantitative estimate of drug-likeness (QED) is 0.171. The van der Waals surface area contributed by atoms with E-state index in [1.54, 1.807) is 53.0 Å². The molecule has 0 amide bonds. The number of aromatic nitrogens is 1. The van der Waals surface area contributed by atoms with Crippen LogP contribution in [0.5, 0.6) is 0 Å². The Balaban J connectivity index is 1.29. The summed E-state index contributed by atoms with van der Waals surface area (Å²) in [6.45, 7) is 0. The molecule has 0 spiro atoms. The van der Waals surface area contributed by atoms with Crippen LogP contribution in [0.25, 0.3) is 15.5 Å². The Labute approximate surface area is 209 Å². The van der Waals surface area contributed by atoms with Gasteiger partial charge in [0.2, 0.25) is 0 Å². The fourth-order valence-corrected chi connectivity index (χ4v) is 8.90. The minimum atomic E-state index is -0.187. The average molecular weight is 542 g/mol. The van der Waals surface area contributed by atoms with Crippen molar-refractivity contribution in [3.63, 3.8) is 0 Å². The van der Waals surface area contributed by atoms with Crippen molar-refractivity contribution in [1.29, 1.82) is 0 Å². The number of para-hydroxylation sites is 1. The third-order valence-electron chi connectivity index (χ3n) is 5.91. The van der Waals surface area contributed by atoms with E-state index in [4.69, 9.17) is 4.98 Å². The standard InChI is InChI=1S/C27H14N2O2S2Se/c30-25-16-6-1-2-7-17(16)26(31)18(25)12-15-13-20-21(32-15)14-24(33-20)29-19-8-3-4-9-22(19)34-23-10-5-11-28-27(23)29/h1-14H. The molecule has 162 valence electrons. The summed E-state index contributed by atoms with van der Waals surface area (Å²) in [4.78, 5) is 33.4. The van der Waals surface area contributed by atoms with E-state index < -0.39 is 0 Å². The van der Waals surface area contributed by atoms with Crippen molar-refractivity contribution in [3.05, 3.63) is 101 Å². The molecule has 1 aliphatic heterocycles. The number of nitrogens with zero attached hydrogens (tertiary/aromatic N) is 2. The first-order valence-corrected chi connectivity index (χ1v) is 14.0. The Kier molecular flexibility index (Phi) is 4.47. The molecular weight excluding hydrogens is 527 g/mol. The van der Waals surface area contributed by atoms with Crippen LogP contribution in [-0.2, 0) is 0 Å². The molecule has 0 atom stereocenters. The molecule has 4 nitrogen and oxygen atoms in total. The molecule has 5 aromatic rings. The first kappa shape index (κ1) is 20.1. The number of rotatable bonds is 2. The first-order valence-electron chi connectivity index (χ1n) is 10.6. The molecule has 0 fully saturated rings. The van der Waals surface area contributed by atoms with Gasteiger partial charge < -0.3 is 0 Å². The van der Waals surface area contributed by atoms with Crippen molar-refractivity contribution in [2.45, 2.75) is 0 Å². The third-order valence-corrected chi connectivity index (χ3v) is 10.5. The smallest absolute Gasteiger partial charge is 0.0615 e. The van der Waals surface area contributed by atoms with Gasteiger partial charge in [-0.25, -0.2) is 0 Å². The van der Waals surface area contributed by atoms with Crippen LogP contribution in [0.15, 0.2) is 84.6 Å².